The van der Waals surface area contributed by atoms with Crippen LogP contribution in [-0.2, 0) is 6.54 Å². The smallest absolute Gasteiger partial charge is 0.348 e. The predicted octanol–water partition coefficient (Wildman–Crippen LogP) is 6.38. The second-order valence-electron chi connectivity index (χ2n) is 7.08. The molecule has 9 heteroatoms. The van der Waals surface area contributed by atoms with Crippen molar-refractivity contribution in [1.29, 1.82) is 0 Å². The van der Waals surface area contributed by atoms with Crippen LogP contribution in [0.15, 0.2) is 61.2 Å². The molecule has 0 bridgehead atoms. The van der Waals surface area contributed by atoms with Crippen LogP contribution >= 0.6 is 23.2 Å². The molecule has 166 valence electrons. The molecule has 32 heavy (non-hydrogen) atoms. The summed E-state index contributed by atoms with van der Waals surface area (Å²) >= 11 is 11.7. The molecule has 1 atom stereocenters. The first kappa shape index (κ1) is 23.8. The van der Waals surface area contributed by atoms with E-state index < -0.39 is 12.1 Å². The number of halogens is 5. The molecule has 0 saturated heterocycles. The molecule has 0 radical (unpaired) electrons. The van der Waals surface area contributed by atoms with Gasteiger partial charge in [-0.15, -0.1) is 0 Å². The summed E-state index contributed by atoms with van der Waals surface area (Å²) in [7, 11) is 0. The standard InChI is InChI=1S/C23H18Cl2F3N3O/c1-14-6-15(2-4-20(14)22(32)31-12-16-10-29-13-30-11-16)3-5-21(23(26,27)28)17-7-18(24)9-19(25)8-17/h2-11,13,21H,12H2,1H3,(H,31,32)/b5-3+. The molecule has 0 aliphatic rings. The molecule has 1 aromatic heterocycles. The van der Waals surface area contributed by atoms with Crippen LogP contribution in [0.3, 0.4) is 0 Å². The lowest BCUT2D eigenvalue weighted by molar-refractivity contribution is -0.139. The Labute approximate surface area is 193 Å². The van der Waals surface area contributed by atoms with E-state index in [0.717, 1.165) is 11.6 Å². The molecule has 0 aliphatic carbocycles. The maximum Gasteiger partial charge on any atom is 0.399 e. The van der Waals surface area contributed by atoms with Gasteiger partial charge in [-0.1, -0.05) is 47.5 Å². The lowest BCUT2D eigenvalue weighted by Gasteiger charge is -2.18. The number of carbonyl (C=O) groups excluding carboxylic acids is 1. The SMILES string of the molecule is Cc1cc(/C=C/C(c2cc(Cl)cc(Cl)c2)C(F)(F)F)ccc1C(=O)NCc1cncnc1. The molecule has 1 N–H and O–H groups in total. The summed E-state index contributed by atoms with van der Waals surface area (Å²) in [6.07, 6.45) is 2.47. The Balaban J connectivity index is 1.77. The van der Waals surface area contributed by atoms with Crippen molar-refractivity contribution in [1.82, 2.24) is 15.3 Å². The number of alkyl halides is 3. The van der Waals surface area contributed by atoms with E-state index in [0.29, 0.717) is 16.7 Å². The van der Waals surface area contributed by atoms with Crippen molar-refractivity contribution in [2.45, 2.75) is 25.6 Å². The third-order valence-corrected chi connectivity index (χ3v) is 5.08. The fraction of sp³-hybridized carbons (Fsp3) is 0.174. The summed E-state index contributed by atoms with van der Waals surface area (Å²) in [5.41, 5.74) is 2.27. The van der Waals surface area contributed by atoms with Crippen LogP contribution < -0.4 is 5.32 Å². The Morgan fingerprint density at radius 2 is 1.75 bits per heavy atom. The molecule has 0 fully saturated rings. The number of amides is 1. The molecular formula is C23H18Cl2F3N3O. The Hall–Kier alpha value is -2.90. The highest BCUT2D eigenvalue weighted by Gasteiger charge is 2.39. The van der Waals surface area contributed by atoms with Gasteiger partial charge < -0.3 is 5.32 Å². The van der Waals surface area contributed by atoms with Gasteiger partial charge in [-0.05, 0) is 47.9 Å². The number of allylic oxidation sites excluding steroid dienone is 1. The number of hydrogen-bond donors (Lipinski definition) is 1. The van der Waals surface area contributed by atoms with Crippen molar-refractivity contribution < 1.29 is 18.0 Å². The van der Waals surface area contributed by atoms with Crippen molar-refractivity contribution in [2.75, 3.05) is 0 Å². The molecule has 2 aromatic carbocycles. The van der Waals surface area contributed by atoms with Gasteiger partial charge in [0.05, 0.1) is 5.92 Å². The molecule has 3 aromatic rings. The molecule has 1 heterocycles. The minimum atomic E-state index is -4.53. The number of nitrogens with zero attached hydrogens (tertiary/aromatic N) is 2. The monoisotopic (exact) mass is 479 g/mol. The minimum Gasteiger partial charge on any atom is -0.348 e. The van der Waals surface area contributed by atoms with Crippen LogP contribution in [0.4, 0.5) is 13.2 Å². The van der Waals surface area contributed by atoms with E-state index in [1.807, 2.05) is 0 Å². The minimum absolute atomic E-state index is 0.0520. The molecule has 4 nitrogen and oxygen atoms in total. The molecular weight excluding hydrogens is 462 g/mol. The number of carbonyl (C=O) groups is 1. The van der Waals surface area contributed by atoms with E-state index in [1.165, 1.54) is 30.6 Å². The number of rotatable bonds is 6. The summed E-state index contributed by atoms with van der Waals surface area (Å²) in [6.45, 7) is 1.98. The largest absolute Gasteiger partial charge is 0.399 e. The van der Waals surface area contributed by atoms with E-state index in [4.69, 9.17) is 23.2 Å². The highest BCUT2D eigenvalue weighted by atomic mass is 35.5. The molecule has 3 rings (SSSR count). The lowest BCUT2D eigenvalue weighted by Crippen LogP contribution is -2.23. The zero-order chi connectivity index (χ0) is 23.3. The van der Waals surface area contributed by atoms with E-state index in [9.17, 15) is 18.0 Å². The Bertz CT molecular complexity index is 1110. The number of nitrogens with one attached hydrogen (secondary N) is 1. The highest BCUT2D eigenvalue weighted by Crippen LogP contribution is 2.38. The summed E-state index contributed by atoms with van der Waals surface area (Å²) in [5.74, 6) is -2.18. The van der Waals surface area contributed by atoms with Gasteiger partial charge in [0.1, 0.15) is 6.33 Å². The predicted molar refractivity (Wildman–Crippen MR) is 119 cm³/mol. The average Bonchev–Trinajstić information content (AvgIpc) is 2.71. The normalized spacial score (nSPS) is 12.7. The quantitative estimate of drug-likeness (QED) is 0.446. The van der Waals surface area contributed by atoms with Gasteiger partial charge in [0.2, 0.25) is 0 Å². The van der Waals surface area contributed by atoms with Crippen molar-refractivity contribution in [3.8, 4) is 0 Å². The number of hydrogen-bond acceptors (Lipinski definition) is 3. The summed E-state index contributed by atoms with van der Waals surface area (Å²) in [4.78, 5) is 20.2. The fourth-order valence-corrected chi connectivity index (χ4v) is 3.66. The average molecular weight is 480 g/mol. The van der Waals surface area contributed by atoms with Crippen LogP contribution in [0.2, 0.25) is 10.0 Å². The topological polar surface area (TPSA) is 54.9 Å². The van der Waals surface area contributed by atoms with Gasteiger partial charge in [0.15, 0.2) is 0 Å². The fourth-order valence-electron chi connectivity index (χ4n) is 3.12. The first-order chi connectivity index (χ1) is 15.1. The maximum absolute atomic E-state index is 13.6. The van der Waals surface area contributed by atoms with Crippen molar-refractivity contribution in [3.63, 3.8) is 0 Å². The summed E-state index contributed by atoms with van der Waals surface area (Å²) < 4.78 is 40.9. The van der Waals surface area contributed by atoms with Crippen LogP contribution in [0, 0.1) is 6.92 Å². The van der Waals surface area contributed by atoms with Crippen LogP contribution in [-0.4, -0.2) is 22.1 Å². The van der Waals surface area contributed by atoms with Gasteiger partial charge in [-0.3, -0.25) is 4.79 Å². The lowest BCUT2D eigenvalue weighted by atomic mass is 9.96. The van der Waals surface area contributed by atoms with E-state index >= 15 is 0 Å². The van der Waals surface area contributed by atoms with Gasteiger partial charge in [0.25, 0.3) is 5.91 Å². The Kier molecular flexibility index (Phi) is 7.53. The molecule has 1 amide bonds. The zero-order valence-electron chi connectivity index (χ0n) is 16.8. The van der Waals surface area contributed by atoms with Crippen molar-refractivity contribution in [3.05, 3.63) is 99.1 Å². The maximum atomic E-state index is 13.6. The molecule has 1 unspecified atom stereocenters. The second kappa shape index (κ2) is 10.1. The van der Waals surface area contributed by atoms with Gasteiger partial charge in [0, 0.05) is 40.1 Å². The van der Waals surface area contributed by atoms with Gasteiger partial charge in [-0.25, -0.2) is 9.97 Å². The molecule has 0 spiro atoms. The van der Waals surface area contributed by atoms with Crippen LogP contribution in [0.25, 0.3) is 6.08 Å². The van der Waals surface area contributed by atoms with Gasteiger partial charge in [-0.2, -0.15) is 13.2 Å². The second-order valence-corrected chi connectivity index (χ2v) is 7.96. The third-order valence-electron chi connectivity index (χ3n) is 4.64. The highest BCUT2D eigenvalue weighted by molar-refractivity contribution is 6.34. The van der Waals surface area contributed by atoms with Crippen LogP contribution in [0.1, 0.15) is 38.5 Å². The number of aryl methyl sites for hydroxylation is 1. The van der Waals surface area contributed by atoms with E-state index in [-0.39, 0.29) is 28.1 Å². The summed E-state index contributed by atoms with van der Waals surface area (Å²) in [5, 5.41) is 3.02. The molecule has 0 aliphatic heterocycles. The third kappa shape index (κ3) is 6.31. The van der Waals surface area contributed by atoms with E-state index in [2.05, 4.69) is 15.3 Å². The summed E-state index contributed by atoms with van der Waals surface area (Å²) in [6, 6.07) is 8.67. The van der Waals surface area contributed by atoms with Gasteiger partial charge >= 0.3 is 6.18 Å². The first-order valence-electron chi connectivity index (χ1n) is 9.47. The first-order valence-corrected chi connectivity index (χ1v) is 10.2. The Morgan fingerprint density at radius 1 is 1.09 bits per heavy atom. The molecule has 0 saturated carbocycles. The zero-order valence-corrected chi connectivity index (χ0v) is 18.3. The van der Waals surface area contributed by atoms with Crippen molar-refractivity contribution in [2.24, 2.45) is 0 Å². The number of aromatic nitrogens is 2. The van der Waals surface area contributed by atoms with Crippen LogP contribution in [0.5, 0.6) is 0 Å². The van der Waals surface area contributed by atoms with E-state index in [1.54, 1.807) is 37.5 Å². The number of benzene rings is 2. The Morgan fingerprint density at radius 3 is 2.34 bits per heavy atom. The van der Waals surface area contributed by atoms with Crippen molar-refractivity contribution >= 4 is 35.2 Å².